The van der Waals surface area contributed by atoms with Crippen LogP contribution in [-0.4, -0.2) is 52.6 Å². The highest BCUT2D eigenvalue weighted by Gasteiger charge is 2.52. The van der Waals surface area contributed by atoms with E-state index in [1.54, 1.807) is 78.4 Å². The van der Waals surface area contributed by atoms with Crippen LogP contribution in [0.4, 0.5) is 11.4 Å². The van der Waals surface area contributed by atoms with Crippen molar-refractivity contribution in [2.75, 3.05) is 23.9 Å². The van der Waals surface area contributed by atoms with Crippen LogP contribution in [0.25, 0.3) is 0 Å². The average Bonchev–Trinajstić information content (AvgIpc) is 3.33. The van der Waals surface area contributed by atoms with Crippen molar-refractivity contribution in [2.24, 2.45) is 5.92 Å². The zero-order valence-electron chi connectivity index (χ0n) is 27.0. The van der Waals surface area contributed by atoms with Crippen molar-refractivity contribution in [1.82, 2.24) is 4.90 Å². The lowest BCUT2D eigenvalue weighted by Gasteiger charge is -2.36. The Morgan fingerprint density at radius 3 is 2.42 bits per heavy atom. The van der Waals surface area contributed by atoms with E-state index in [1.165, 1.54) is 0 Å². The van der Waals surface area contributed by atoms with Gasteiger partial charge < -0.3 is 30.1 Å². The summed E-state index contributed by atoms with van der Waals surface area (Å²) in [6.45, 7) is 2.27. The molecule has 0 radical (unpaired) electrons. The van der Waals surface area contributed by atoms with Crippen molar-refractivity contribution < 1.29 is 29.3 Å². The smallest absolute Gasteiger partial charge is 0.264 e. The molecule has 2 aliphatic rings. The molecule has 0 unspecified atom stereocenters. The lowest BCUT2D eigenvalue weighted by molar-refractivity contribution is -0.139. The second-order valence-electron chi connectivity index (χ2n) is 12.3. The number of carbonyl (C=O) groups is 3. The Bertz CT molecular complexity index is 1840. The van der Waals surface area contributed by atoms with E-state index in [0.29, 0.717) is 41.2 Å². The van der Waals surface area contributed by atoms with Gasteiger partial charge in [-0.2, -0.15) is 0 Å². The Balaban J connectivity index is 1.25. The van der Waals surface area contributed by atoms with Crippen molar-refractivity contribution in [3.63, 3.8) is 0 Å². The molecule has 0 fully saturated rings. The molecular weight excluding hydrogens is 606 g/mol. The van der Waals surface area contributed by atoms with E-state index >= 15 is 0 Å². The van der Waals surface area contributed by atoms with Gasteiger partial charge in [0.05, 0.1) is 32.0 Å². The minimum absolute atomic E-state index is 0.0474. The van der Waals surface area contributed by atoms with Crippen molar-refractivity contribution in [3.8, 4) is 5.75 Å². The SMILES string of the molecule is COc1ccc(C(=O)Nc2ccc3c(c2)[C@@](O)([C@H](C)/C=C/CC(=O)N2Cc4ccccc4C[C@H]2CO)C(=O)N3Cc2ccccc2)cc1. The molecule has 6 rings (SSSR count). The van der Waals surface area contributed by atoms with E-state index in [9.17, 15) is 24.6 Å². The Kier molecular flexibility index (Phi) is 9.43. The van der Waals surface area contributed by atoms with Crippen LogP contribution in [0.2, 0.25) is 0 Å². The van der Waals surface area contributed by atoms with Gasteiger partial charge in [0.25, 0.3) is 11.8 Å². The lowest BCUT2D eigenvalue weighted by atomic mass is 9.82. The molecule has 0 aliphatic carbocycles. The first-order chi connectivity index (χ1) is 23.2. The van der Waals surface area contributed by atoms with E-state index in [0.717, 1.165) is 16.7 Å². The van der Waals surface area contributed by atoms with Gasteiger partial charge in [0, 0.05) is 35.7 Å². The third kappa shape index (κ3) is 6.34. The predicted octanol–water partition coefficient (Wildman–Crippen LogP) is 5.21. The minimum atomic E-state index is -1.96. The molecule has 2 heterocycles. The summed E-state index contributed by atoms with van der Waals surface area (Å²) in [7, 11) is 1.55. The Labute approximate surface area is 280 Å². The molecule has 3 atom stereocenters. The van der Waals surface area contributed by atoms with Gasteiger partial charge in [0.2, 0.25) is 5.91 Å². The molecular formula is C39H39N3O6. The molecule has 0 saturated carbocycles. The van der Waals surface area contributed by atoms with Crippen molar-refractivity contribution in [3.05, 3.63) is 137 Å². The predicted molar refractivity (Wildman–Crippen MR) is 183 cm³/mol. The second-order valence-corrected chi connectivity index (χ2v) is 12.3. The summed E-state index contributed by atoms with van der Waals surface area (Å²) in [5.41, 5.74) is 2.89. The molecule has 0 aromatic heterocycles. The van der Waals surface area contributed by atoms with Gasteiger partial charge in [0.15, 0.2) is 5.60 Å². The van der Waals surface area contributed by atoms with Crippen LogP contribution in [0.5, 0.6) is 5.75 Å². The van der Waals surface area contributed by atoms with Gasteiger partial charge >= 0.3 is 0 Å². The topological polar surface area (TPSA) is 119 Å². The number of carbonyl (C=O) groups excluding carboxylic acids is 3. The maximum Gasteiger partial charge on any atom is 0.264 e. The Hall–Kier alpha value is -5.25. The van der Waals surface area contributed by atoms with E-state index in [4.69, 9.17) is 4.74 Å². The van der Waals surface area contributed by atoms with Crippen molar-refractivity contribution in [1.29, 1.82) is 0 Å². The van der Waals surface area contributed by atoms with E-state index < -0.39 is 17.4 Å². The van der Waals surface area contributed by atoms with Gasteiger partial charge in [-0.15, -0.1) is 0 Å². The van der Waals surface area contributed by atoms with Crippen molar-refractivity contribution in [2.45, 2.75) is 44.5 Å². The summed E-state index contributed by atoms with van der Waals surface area (Å²) in [5, 5.41) is 25.2. The van der Waals surface area contributed by atoms with Crippen LogP contribution in [0, 0.1) is 5.92 Å². The van der Waals surface area contributed by atoms with Gasteiger partial charge in [-0.05, 0) is 65.6 Å². The van der Waals surface area contributed by atoms with Gasteiger partial charge in [-0.1, -0.05) is 73.7 Å². The Morgan fingerprint density at radius 2 is 1.71 bits per heavy atom. The Morgan fingerprint density at radius 1 is 1.00 bits per heavy atom. The van der Waals surface area contributed by atoms with Gasteiger partial charge in [-0.3, -0.25) is 14.4 Å². The first-order valence-electron chi connectivity index (χ1n) is 16.0. The summed E-state index contributed by atoms with van der Waals surface area (Å²) in [5.74, 6) is -1.08. The number of anilines is 2. The van der Waals surface area contributed by atoms with Crippen molar-refractivity contribution >= 4 is 29.1 Å². The number of hydrogen-bond donors (Lipinski definition) is 3. The molecule has 4 aromatic carbocycles. The number of ether oxygens (including phenoxy) is 1. The largest absolute Gasteiger partial charge is 0.497 e. The third-order valence-electron chi connectivity index (χ3n) is 9.33. The third-order valence-corrected chi connectivity index (χ3v) is 9.33. The average molecular weight is 646 g/mol. The monoisotopic (exact) mass is 645 g/mol. The van der Waals surface area contributed by atoms with Crippen LogP contribution < -0.4 is 15.0 Å². The molecule has 4 aromatic rings. The molecule has 3 N–H and O–H groups in total. The molecule has 0 bridgehead atoms. The summed E-state index contributed by atoms with van der Waals surface area (Å²) < 4.78 is 5.19. The fourth-order valence-electron chi connectivity index (χ4n) is 6.57. The summed E-state index contributed by atoms with van der Waals surface area (Å²) >= 11 is 0. The first-order valence-corrected chi connectivity index (χ1v) is 16.0. The highest BCUT2D eigenvalue weighted by atomic mass is 16.5. The van der Waals surface area contributed by atoms with E-state index in [-0.39, 0.29) is 37.4 Å². The van der Waals surface area contributed by atoms with E-state index in [2.05, 4.69) is 5.32 Å². The van der Waals surface area contributed by atoms with Crippen LogP contribution >= 0.6 is 0 Å². The highest BCUT2D eigenvalue weighted by molar-refractivity contribution is 6.09. The number of amides is 3. The fourth-order valence-corrected chi connectivity index (χ4v) is 6.57. The normalized spacial score (nSPS) is 19.2. The summed E-state index contributed by atoms with van der Waals surface area (Å²) in [4.78, 5) is 43.8. The van der Waals surface area contributed by atoms with Crippen LogP contribution in [0.15, 0.2) is 109 Å². The number of aliphatic hydroxyl groups excluding tert-OH is 1. The zero-order chi connectivity index (χ0) is 33.8. The number of methoxy groups -OCH3 is 1. The minimum Gasteiger partial charge on any atom is -0.497 e. The summed E-state index contributed by atoms with van der Waals surface area (Å²) in [6.07, 6.45) is 4.01. The number of rotatable bonds is 10. The highest BCUT2D eigenvalue weighted by Crippen LogP contribution is 2.47. The molecule has 0 spiro atoms. The molecule has 2 aliphatic heterocycles. The molecule has 246 valence electrons. The molecule has 9 heteroatoms. The molecule has 9 nitrogen and oxygen atoms in total. The number of nitrogens with one attached hydrogen (secondary N) is 1. The lowest BCUT2D eigenvalue weighted by Crippen LogP contribution is -2.46. The van der Waals surface area contributed by atoms with E-state index in [1.807, 2.05) is 54.6 Å². The van der Waals surface area contributed by atoms with Crippen LogP contribution in [-0.2, 0) is 34.7 Å². The maximum atomic E-state index is 14.1. The van der Waals surface area contributed by atoms with Crippen LogP contribution in [0.1, 0.15) is 46.0 Å². The first kappa shape index (κ1) is 32.7. The second kappa shape index (κ2) is 13.9. The van der Waals surface area contributed by atoms with Crippen LogP contribution in [0.3, 0.4) is 0 Å². The molecule has 3 amide bonds. The number of nitrogens with zero attached hydrogens (tertiary/aromatic N) is 2. The number of aliphatic hydroxyl groups is 2. The fraction of sp³-hybridized carbons (Fsp3) is 0.256. The molecule has 0 saturated heterocycles. The standard InChI is InChI=1S/C39H39N3O6/c1-26(9-8-14-36(44)41-24-30-13-7-6-12-29(30)21-32(41)25-43)39(47)34-22-31(40-37(45)28-15-18-33(48-2)19-16-28)17-20-35(34)42(38(39)46)23-27-10-4-3-5-11-27/h3-13,15-20,22,26,32,43,47H,14,21,23-25H2,1-2H3,(H,40,45)/b9-8+/t26-,32+,39+/m1/s1. The maximum absolute atomic E-state index is 14.1. The van der Waals surface area contributed by atoms with Gasteiger partial charge in [-0.25, -0.2) is 0 Å². The van der Waals surface area contributed by atoms with Gasteiger partial charge in [0.1, 0.15) is 5.75 Å². The number of fused-ring (bicyclic) bond motifs is 2. The number of benzene rings is 4. The molecule has 48 heavy (non-hydrogen) atoms. The number of hydrogen-bond acceptors (Lipinski definition) is 6. The zero-order valence-corrected chi connectivity index (χ0v) is 27.0. The summed E-state index contributed by atoms with van der Waals surface area (Å²) in [6, 6.07) is 28.9. The quantitative estimate of drug-likeness (QED) is 0.204.